The normalized spacial score (nSPS) is 10.9. The number of para-hydroxylation sites is 1. The van der Waals surface area contributed by atoms with Crippen molar-refractivity contribution in [2.45, 2.75) is 33.4 Å². The largest absolute Gasteiger partial charge is 0.321 e. The van der Waals surface area contributed by atoms with Crippen molar-refractivity contribution < 1.29 is 18.4 Å². The Bertz CT molecular complexity index is 1010. The van der Waals surface area contributed by atoms with Gasteiger partial charge >= 0.3 is 0 Å². The van der Waals surface area contributed by atoms with E-state index < -0.39 is 23.9 Å². The molecule has 2 heterocycles. The smallest absolute Gasteiger partial charge is 0.282 e. The van der Waals surface area contributed by atoms with E-state index in [-0.39, 0.29) is 17.9 Å². The molecule has 3 rings (SSSR count). The summed E-state index contributed by atoms with van der Waals surface area (Å²) in [6, 6.07) is 10.1. The Kier molecular flexibility index (Phi) is 6.01. The lowest BCUT2D eigenvalue weighted by Gasteiger charge is -2.07. The van der Waals surface area contributed by atoms with Crippen molar-refractivity contribution in [2.24, 2.45) is 0 Å². The zero-order valence-corrected chi connectivity index (χ0v) is 15.9. The number of alkyl halides is 2. The lowest BCUT2D eigenvalue weighted by molar-refractivity contribution is -0.117. The second-order valence-electron chi connectivity index (χ2n) is 6.28. The Morgan fingerprint density at radius 3 is 2.48 bits per heavy atom. The molecule has 0 saturated carbocycles. The predicted molar refractivity (Wildman–Crippen MR) is 103 cm³/mol. The number of carbonyl (C=O) groups is 2. The number of hydrogen-bond acceptors (Lipinski definition) is 4. The van der Waals surface area contributed by atoms with Gasteiger partial charge in [-0.2, -0.15) is 10.2 Å². The van der Waals surface area contributed by atoms with Crippen LogP contribution in [0, 0.1) is 6.92 Å². The first-order chi connectivity index (χ1) is 13.9. The van der Waals surface area contributed by atoms with E-state index in [9.17, 15) is 18.4 Å². The van der Waals surface area contributed by atoms with Crippen LogP contribution >= 0.6 is 0 Å². The van der Waals surface area contributed by atoms with Gasteiger partial charge in [-0.1, -0.05) is 18.2 Å². The average Bonchev–Trinajstić information content (AvgIpc) is 3.26. The average molecular weight is 402 g/mol. The SMILES string of the molecule is CCn1cc(NC(=O)Cn2nc(C(F)F)cc2C)c(C(=O)Nc2ccccc2)n1. The molecule has 1 aromatic carbocycles. The summed E-state index contributed by atoms with van der Waals surface area (Å²) in [5, 5.41) is 13.3. The molecular weight excluding hydrogens is 382 g/mol. The van der Waals surface area contributed by atoms with Gasteiger partial charge in [0.2, 0.25) is 5.91 Å². The van der Waals surface area contributed by atoms with Gasteiger partial charge in [-0.25, -0.2) is 8.78 Å². The number of aryl methyl sites for hydroxylation is 2. The summed E-state index contributed by atoms with van der Waals surface area (Å²) < 4.78 is 28.3. The molecule has 2 aromatic heterocycles. The van der Waals surface area contributed by atoms with Crippen LogP contribution in [0.4, 0.5) is 20.2 Å². The summed E-state index contributed by atoms with van der Waals surface area (Å²) in [6.45, 7) is 3.66. The molecule has 0 atom stereocenters. The second-order valence-corrected chi connectivity index (χ2v) is 6.28. The number of rotatable bonds is 7. The monoisotopic (exact) mass is 402 g/mol. The number of amides is 2. The quantitative estimate of drug-likeness (QED) is 0.634. The first-order valence-electron chi connectivity index (χ1n) is 8.93. The van der Waals surface area contributed by atoms with Gasteiger partial charge in [0.05, 0.1) is 5.69 Å². The highest BCUT2D eigenvalue weighted by molar-refractivity contribution is 6.08. The number of nitrogens with one attached hydrogen (secondary N) is 2. The van der Waals surface area contributed by atoms with E-state index in [1.165, 1.54) is 15.4 Å². The maximum absolute atomic E-state index is 12.8. The van der Waals surface area contributed by atoms with Gasteiger partial charge in [-0.05, 0) is 32.0 Å². The Labute approximate surface area is 165 Å². The molecule has 29 heavy (non-hydrogen) atoms. The van der Waals surface area contributed by atoms with Crippen LogP contribution in [-0.4, -0.2) is 31.4 Å². The topological polar surface area (TPSA) is 93.8 Å². The highest BCUT2D eigenvalue weighted by atomic mass is 19.3. The molecule has 0 spiro atoms. The first kappa shape index (κ1) is 20.2. The van der Waals surface area contributed by atoms with Crippen LogP contribution in [0.15, 0.2) is 42.6 Å². The van der Waals surface area contributed by atoms with Crippen molar-refractivity contribution >= 4 is 23.2 Å². The maximum Gasteiger partial charge on any atom is 0.282 e. The molecule has 0 saturated heterocycles. The van der Waals surface area contributed by atoms with Crippen LogP contribution in [0.5, 0.6) is 0 Å². The third-order valence-electron chi connectivity index (χ3n) is 4.12. The molecule has 0 aliphatic carbocycles. The highest BCUT2D eigenvalue weighted by Gasteiger charge is 2.20. The Morgan fingerprint density at radius 1 is 1.14 bits per heavy atom. The van der Waals surface area contributed by atoms with E-state index in [4.69, 9.17) is 0 Å². The van der Waals surface area contributed by atoms with E-state index in [0.717, 1.165) is 0 Å². The van der Waals surface area contributed by atoms with Crippen molar-refractivity contribution in [3.63, 3.8) is 0 Å². The summed E-state index contributed by atoms with van der Waals surface area (Å²) in [5.74, 6) is -0.990. The second kappa shape index (κ2) is 8.63. The number of carbonyl (C=O) groups excluding carboxylic acids is 2. The van der Waals surface area contributed by atoms with Crippen LogP contribution in [0.2, 0.25) is 0 Å². The molecule has 0 unspecified atom stereocenters. The Morgan fingerprint density at radius 2 is 1.86 bits per heavy atom. The molecule has 0 aliphatic rings. The van der Waals surface area contributed by atoms with E-state index in [1.807, 2.05) is 13.0 Å². The lowest BCUT2D eigenvalue weighted by Crippen LogP contribution is -2.22. The molecule has 0 radical (unpaired) electrons. The van der Waals surface area contributed by atoms with Crippen LogP contribution < -0.4 is 10.6 Å². The van der Waals surface area contributed by atoms with Crippen molar-refractivity contribution in [2.75, 3.05) is 10.6 Å². The van der Waals surface area contributed by atoms with Crippen LogP contribution in [0.1, 0.15) is 35.2 Å². The standard InChI is InChI=1S/C19H20F2N6O2/c1-3-26-10-15(17(25-26)19(29)22-13-7-5-4-6-8-13)23-16(28)11-27-12(2)9-14(24-27)18(20)21/h4-10,18H,3,11H2,1-2H3,(H,22,29)(H,23,28). The third kappa shape index (κ3) is 4.84. The fraction of sp³-hybridized carbons (Fsp3) is 0.263. The van der Waals surface area contributed by atoms with Crippen LogP contribution in [0.25, 0.3) is 0 Å². The summed E-state index contributed by atoms with van der Waals surface area (Å²) in [6.07, 6.45) is -1.17. The van der Waals surface area contributed by atoms with Gasteiger partial charge in [0.1, 0.15) is 12.2 Å². The number of aromatic nitrogens is 4. The summed E-state index contributed by atoms with van der Waals surface area (Å²) in [4.78, 5) is 25.0. The maximum atomic E-state index is 12.8. The van der Waals surface area contributed by atoms with Crippen LogP contribution in [-0.2, 0) is 17.9 Å². The third-order valence-corrected chi connectivity index (χ3v) is 4.12. The molecule has 2 N–H and O–H groups in total. The minimum atomic E-state index is -2.71. The molecule has 2 amide bonds. The minimum Gasteiger partial charge on any atom is -0.321 e. The molecule has 8 nitrogen and oxygen atoms in total. The predicted octanol–water partition coefficient (Wildman–Crippen LogP) is 3.24. The van der Waals surface area contributed by atoms with Gasteiger partial charge < -0.3 is 10.6 Å². The minimum absolute atomic E-state index is 0.0505. The lowest BCUT2D eigenvalue weighted by atomic mass is 10.3. The first-order valence-corrected chi connectivity index (χ1v) is 8.93. The van der Waals surface area contributed by atoms with Crippen molar-refractivity contribution in [1.29, 1.82) is 0 Å². The van der Waals surface area contributed by atoms with Gasteiger partial charge in [-0.15, -0.1) is 0 Å². The van der Waals surface area contributed by atoms with Gasteiger partial charge in [0.15, 0.2) is 5.69 Å². The Balaban J connectivity index is 1.75. The molecule has 3 aromatic rings. The molecular formula is C19H20F2N6O2. The number of halogens is 2. The van der Waals surface area contributed by atoms with Crippen molar-refractivity contribution in [1.82, 2.24) is 19.6 Å². The zero-order chi connectivity index (χ0) is 21.0. The molecule has 0 fully saturated rings. The Hall–Kier alpha value is -3.56. The van der Waals surface area contributed by atoms with Crippen molar-refractivity contribution in [3.05, 3.63) is 59.7 Å². The summed E-state index contributed by atoms with van der Waals surface area (Å²) in [7, 11) is 0. The molecule has 0 aliphatic heterocycles. The number of hydrogen-bond donors (Lipinski definition) is 2. The van der Waals surface area contributed by atoms with E-state index in [2.05, 4.69) is 20.8 Å². The van der Waals surface area contributed by atoms with Gasteiger partial charge in [0.25, 0.3) is 12.3 Å². The summed E-state index contributed by atoms with van der Waals surface area (Å²) in [5.41, 5.74) is 0.907. The number of benzene rings is 1. The fourth-order valence-corrected chi connectivity index (χ4v) is 2.68. The molecule has 10 heteroatoms. The fourth-order valence-electron chi connectivity index (χ4n) is 2.68. The van der Waals surface area contributed by atoms with E-state index in [0.29, 0.717) is 17.9 Å². The van der Waals surface area contributed by atoms with Gasteiger partial charge in [-0.3, -0.25) is 19.0 Å². The zero-order valence-electron chi connectivity index (χ0n) is 15.9. The highest BCUT2D eigenvalue weighted by Crippen LogP contribution is 2.19. The number of anilines is 2. The van der Waals surface area contributed by atoms with E-state index >= 15 is 0 Å². The van der Waals surface area contributed by atoms with Gasteiger partial charge in [0, 0.05) is 24.1 Å². The van der Waals surface area contributed by atoms with E-state index in [1.54, 1.807) is 37.4 Å². The summed E-state index contributed by atoms with van der Waals surface area (Å²) >= 11 is 0. The molecule has 0 bridgehead atoms. The van der Waals surface area contributed by atoms with Crippen LogP contribution in [0.3, 0.4) is 0 Å². The number of nitrogens with zero attached hydrogens (tertiary/aromatic N) is 4. The van der Waals surface area contributed by atoms with Crippen molar-refractivity contribution in [3.8, 4) is 0 Å². The molecule has 152 valence electrons.